The summed E-state index contributed by atoms with van der Waals surface area (Å²) in [5, 5.41) is 11.0. The quantitative estimate of drug-likeness (QED) is 0.627. The molecule has 0 saturated carbocycles. The van der Waals surface area contributed by atoms with Gasteiger partial charge < -0.3 is 4.90 Å². The van der Waals surface area contributed by atoms with Crippen molar-refractivity contribution in [2.45, 2.75) is 26.8 Å². The van der Waals surface area contributed by atoms with Crippen molar-refractivity contribution in [1.29, 1.82) is 0 Å². The van der Waals surface area contributed by atoms with Crippen molar-refractivity contribution in [3.63, 3.8) is 0 Å². The van der Waals surface area contributed by atoms with Gasteiger partial charge in [-0.1, -0.05) is 29.8 Å². The maximum atomic E-state index is 11.0. The maximum Gasteiger partial charge on any atom is 0.293 e. The lowest BCUT2D eigenvalue weighted by Crippen LogP contribution is -2.33. The molecule has 0 saturated heterocycles. The Labute approximate surface area is 110 Å². The number of anilines is 1. The van der Waals surface area contributed by atoms with Gasteiger partial charge in [-0.15, -0.1) is 0 Å². The molecule has 0 N–H and O–H groups in total. The Bertz CT molecular complexity index is 421. The van der Waals surface area contributed by atoms with Crippen LogP contribution in [0.15, 0.2) is 22.7 Å². The number of halogens is 1. The zero-order valence-electron chi connectivity index (χ0n) is 10.5. The second-order valence-electron chi connectivity index (χ2n) is 4.49. The van der Waals surface area contributed by atoms with Gasteiger partial charge in [0.15, 0.2) is 0 Å². The predicted octanol–water partition coefficient (Wildman–Crippen LogP) is 3.84. The standard InChI is InChI=1S/C12H17BrN2O2/c1-8(2)9(3)14(4)11-6-5-10(13)7-12(11)15(16)17/h5-9H,1-4H3. The fourth-order valence-corrected chi connectivity index (χ4v) is 1.96. The van der Waals surface area contributed by atoms with Crippen molar-refractivity contribution in [2.24, 2.45) is 5.92 Å². The first kappa shape index (κ1) is 14.0. The van der Waals surface area contributed by atoms with Crippen molar-refractivity contribution in [3.05, 3.63) is 32.8 Å². The minimum Gasteiger partial charge on any atom is -0.366 e. The first-order valence-corrected chi connectivity index (χ1v) is 6.30. The summed E-state index contributed by atoms with van der Waals surface area (Å²) in [6, 6.07) is 5.39. The van der Waals surface area contributed by atoms with Crippen LogP contribution in [0.1, 0.15) is 20.8 Å². The maximum absolute atomic E-state index is 11.0. The van der Waals surface area contributed by atoms with Crippen LogP contribution in [0, 0.1) is 16.0 Å². The molecule has 0 aliphatic rings. The topological polar surface area (TPSA) is 46.4 Å². The zero-order valence-corrected chi connectivity index (χ0v) is 12.1. The van der Waals surface area contributed by atoms with Crippen LogP contribution in [0.25, 0.3) is 0 Å². The van der Waals surface area contributed by atoms with Gasteiger partial charge in [0, 0.05) is 23.6 Å². The van der Waals surface area contributed by atoms with E-state index in [9.17, 15) is 10.1 Å². The van der Waals surface area contributed by atoms with Gasteiger partial charge in [-0.2, -0.15) is 0 Å². The highest BCUT2D eigenvalue weighted by molar-refractivity contribution is 9.10. The largest absolute Gasteiger partial charge is 0.366 e. The average molecular weight is 301 g/mol. The fourth-order valence-electron chi connectivity index (χ4n) is 1.61. The van der Waals surface area contributed by atoms with E-state index in [4.69, 9.17) is 0 Å². The van der Waals surface area contributed by atoms with E-state index in [0.717, 1.165) is 4.47 Å². The van der Waals surface area contributed by atoms with E-state index in [1.165, 1.54) is 0 Å². The van der Waals surface area contributed by atoms with E-state index >= 15 is 0 Å². The van der Waals surface area contributed by atoms with Gasteiger partial charge in [0.25, 0.3) is 5.69 Å². The first-order valence-electron chi connectivity index (χ1n) is 5.51. The van der Waals surface area contributed by atoms with E-state index in [0.29, 0.717) is 11.6 Å². The van der Waals surface area contributed by atoms with Crippen LogP contribution in [0.5, 0.6) is 0 Å². The summed E-state index contributed by atoms with van der Waals surface area (Å²) < 4.78 is 0.721. The highest BCUT2D eigenvalue weighted by Crippen LogP contribution is 2.32. The molecule has 0 aliphatic heterocycles. The van der Waals surface area contributed by atoms with E-state index in [1.54, 1.807) is 12.1 Å². The van der Waals surface area contributed by atoms with Gasteiger partial charge in [-0.3, -0.25) is 10.1 Å². The Hall–Kier alpha value is -1.10. The highest BCUT2D eigenvalue weighted by Gasteiger charge is 2.22. The number of hydrogen-bond donors (Lipinski definition) is 0. The molecule has 1 aromatic carbocycles. The van der Waals surface area contributed by atoms with Crippen LogP contribution < -0.4 is 4.90 Å². The number of benzene rings is 1. The van der Waals surface area contributed by atoms with Crippen molar-refractivity contribution in [3.8, 4) is 0 Å². The van der Waals surface area contributed by atoms with E-state index < -0.39 is 0 Å². The Balaban J connectivity index is 3.17. The molecule has 0 amide bonds. The van der Waals surface area contributed by atoms with Gasteiger partial charge in [0.05, 0.1) is 4.92 Å². The smallest absolute Gasteiger partial charge is 0.293 e. The molecule has 1 unspecified atom stereocenters. The minimum atomic E-state index is -0.344. The van der Waals surface area contributed by atoms with Gasteiger partial charge in [0.1, 0.15) is 5.69 Å². The number of nitrogens with zero attached hydrogens (tertiary/aromatic N) is 2. The Morgan fingerprint density at radius 1 is 1.35 bits per heavy atom. The molecular formula is C12H17BrN2O2. The molecule has 17 heavy (non-hydrogen) atoms. The number of nitro benzene ring substituents is 1. The number of hydrogen-bond acceptors (Lipinski definition) is 3. The Morgan fingerprint density at radius 3 is 2.41 bits per heavy atom. The van der Waals surface area contributed by atoms with Crippen LogP contribution in [0.4, 0.5) is 11.4 Å². The molecule has 1 rings (SSSR count). The summed E-state index contributed by atoms with van der Waals surface area (Å²) in [7, 11) is 1.89. The molecule has 0 spiro atoms. The summed E-state index contributed by atoms with van der Waals surface area (Å²) in [6.07, 6.45) is 0. The monoisotopic (exact) mass is 300 g/mol. The van der Waals surface area contributed by atoms with Crippen molar-refractivity contribution in [2.75, 3.05) is 11.9 Å². The summed E-state index contributed by atoms with van der Waals surface area (Å²) in [5.41, 5.74) is 0.786. The van der Waals surface area contributed by atoms with Crippen LogP contribution in [-0.2, 0) is 0 Å². The minimum absolute atomic E-state index is 0.134. The molecule has 94 valence electrons. The van der Waals surface area contributed by atoms with Crippen LogP contribution in [0.2, 0.25) is 0 Å². The highest BCUT2D eigenvalue weighted by atomic mass is 79.9. The molecule has 0 aromatic heterocycles. The van der Waals surface area contributed by atoms with E-state index in [1.807, 2.05) is 18.0 Å². The molecule has 4 nitrogen and oxygen atoms in total. The second-order valence-corrected chi connectivity index (χ2v) is 5.40. The lowest BCUT2D eigenvalue weighted by atomic mass is 10.0. The SMILES string of the molecule is CC(C)C(C)N(C)c1ccc(Br)cc1[N+](=O)[O-]. The van der Waals surface area contributed by atoms with E-state index in [-0.39, 0.29) is 16.7 Å². The third-order valence-corrected chi connectivity index (χ3v) is 3.58. The number of nitro groups is 1. The molecule has 0 radical (unpaired) electrons. The third-order valence-electron chi connectivity index (χ3n) is 3.09. The van der Waals surface area contributed by atoms with Gasteiger partial charge in [0.2, 0.25) is 0 Å². The van der Waals surface area contributed by atoms with Crippen molar-refractivity contribution >= 4 is 27.3 Å². The summed E-state index contributed by atoms with van der Waals surface area (Å²) >= 11 is 3.26. The van der Waals surface area contributed by atoms with Crippen LogP contribution in [0.3, 0.4) is 0 Å². The first-order chi connectivity index (χ1) is 7.84. The van der Waals surface area contributed by atoms with Crippen molar-refractivity contribution < 1.29 is 4.92 Å². The molecule has 0 aliphatic carbocycles. The number of rotatable bonds is 4. The normalized spacial score (nSPS) is 12.6. The predicted molar refractivity (Wildman–Crippen MR) is 73.5 cm³/mol. The molecule has 0 heterocycles. The lowest BCUT2D eigenvalue weighted by molar-refractivity contribution is -0.384. The van der Waals surface area contributed by atoms with Crippen molar-refractivity contribution in [1.82, 2.24) is 0 Å². The van der Waals surface area contributed by atoms with E-state index in [2.05, 4.69) is 36.7 Å². The second kappa shape index (κ2) is 5.49. The molecular weight excluding hydrogens is 284 g/mol. The average Bonchev–Trinajstić information content (AvgIpc) is 2.26. The van der Waals surface area contributed by atoms with Gasteiger partial charge in [-0.25, -0.2) is 0 Å². The van der Waals surface area contributed by atoms with Gasteiger partial charge >= 0.3 is 0 Å². The molecule has 5 heteroatoms. The van der Waals surface area contributed by atoms with Crippen LogP contribution in [-0.4, -0.2) is 18.0 Å². The molecule has 0 fully saturated rings. The fraction of sp³-hybridized carbons (Fsp3) is 0.500. The summed E-state index contributed by atoms with van der Waals surface area (Å²) in [6.45, 7) is 6.27. The lowest BCUT2D eigenvalue weighted by Gasteiger charge is -2.29. The Morgan fingerprint density at radius 2 is 1.94 bits per heavy atom. The molecule has 0 bridgehead atoms. The molecule has 1 aromatic rings. The molecule has 1 atom stereocenters. The van der Waals surface area contributed by atoms with Gasteiger partial charge in [-0.05, 0) is 25.0 Å². The Kier molecular flexibility index (Phi) is 4.51. The summed E-state index contributed by atoms with van der Waals surface area (Å²) in [4.78, 5) is 12.6. The zero-order chi connectivity index (χ0) is 13.2. The van der Waals surface area contributed by atoms with Crippen LogP contribution >= 0.6 is 15.9 Å². The summed E-state index contributed by atoms with van der Waals surface area (Å²) in [5.74, 6) is 0.434. The third kappa shape index (κ3) is 3.19.